The van der Waals surface area contributed by atoms with Gasteiger partial charge >= 0.3 is 0 Å². The molecule has 3 aromatic rings. The summed E-state index contributed by atoms with van der Waals surface area (Å²) in [6, 6.07) is 9.32. The molecule has 0 saturated heterocycles. The first-order chi connectivity index (χ1) is 17.3. The number of thiophene rings is 1. The summed E-state index contributed by atoms with van der Waals surface area (Å²) in [6.45, 7) is 11.3. The van der Waals surface area contributed by atoms with Crippen LogP contribution in [-0.4, -0.2) is 25.8 Å². The number of furan rings is 1. The van der Waals surface area contributed by atoms with E-state index in [1.165, 1.54) is 4.88 Å². The molecule has 2 aromatic heterocycles. The first-order valence-corrected chi connectivity index (χ1v) is 13.0. The molecule has 1 aliphatic rings. The van der Waals surface area contributed by atoms with Crippen LogP contribution >= 0.6 is 11.3 Å². The fourth-order valence-electron chi connectivity index (χ4n) is 4.47. The van der Waals surface area contributed by atoms with Gasteiger partial charge in [0.15, 0.2) is 11.5 Å². The highest BCUT2D eigenvalue weighted by Crippen LogP contribution is 2.45. The molecule has 0 radical (unpaired) electrons. The van der Waals surface area contributed by atoms with Crippen LogP contribution in [0.15, 0.2) is 58.7 Å². The van der Waals surface area contributed by atoms with E-state index >= 15 is 0 Å². The van der Waals surface area contributed by atoms with Crippen LogP contribution in [0.3, 0.4) is 0 Å². The van der Waals surface area contributed by atoms with Crippen molar-refractivity contribution in [1.82, 2.24) is 5.32 Å². The normalized spacial score (nSPS) is 15.5. The van der Waals surface area contributed by atoms with Gasteiger partial charge in [-0.15, -0.1) is 11.3 Å². The number of rotatable bonds is 9. The average molecular weight is 507 g/mol. The van der Waals surface area contributed by atoms with Gasteiger partial charge in [-0.2, -0.15) is 0 Å². The van der Waals surface area contributed by atoms with Gasteiger partial charge in [0, 0.05) is 11.1 Å². The molecule has 0 saturated carbocycles. The van der Waals surface area contributed by atoms with E-state index in [4.69, 9.17) is 18.9 Å². The molecule has 0 aliphatic heterocycles. The lowest BCUT2D eigenvalue weighted by molar-refractivity contribution is 0.0947. The standard InChI is InChI=1S/C29H34N2O4S/c1-6-13-35-23-12-9-19(15-24(23)33-5)17-31-28-26(27(32)30-18-21-8-7-14-34-21)22-11-10-20(29(2,3)4)16-25(22)36-28/h6-9,12,14-15,17,20H,1,10-11,13,16,18H2,2-5H3,(H,30,32)/t20-/m1/s1. The highest BCUT2D eigenvalue weighted by molar-refractivity contribution is 7.16. The van der Waals surface area contributed by atoms with Crippen molar-refractivity contribution in [3.63, 3.8) is 0 Å². The molecular weight excluding hydrogens is 472 g/mol. The van der Waals surface area contributed by atoms with Crippen LogP contribution in [0.4, 0.5) is 5.00 Å². The molecule has 6 nitrogen and oxygen atoms in total. The number of nitrogens with one attached hydrogen (secondary N) is 1. The molecule has 2 heterocycles. The maximum Gasteiger partial charge on any atom is 0.255 e. The summed E-state index contributed by atoms with van der Waals surface area (Å²) in [5.74, 6) is 2.45. The van der Waals surface area contributed by atoms with E-state index in [1.807, 2.05) is 30.3 Å². The van der Waals surface area contributed by atoms with Crippen LogP contribution in [0.1, 0.15) is 59.3 Å². The van der Waals surface area contributed by atoms with E-state index in [2.05, 4.69) is 32.7 Å². The van der Waals surface area contributed by atoms with Crippen LogP contribution in [-0.2, 0) is 19.4 Å². The predicted molar refractivity (Wildman–Crippen MR) is 145 cm³/mol. The second-order valence-corrected chi connectivity index (χ2v) is 11.1. The van der Waals surface area contributed by atoms with Gasteiger partial charge in [-0.25, -0.2) is 4.99 Å². The molecule has 0 fully saturated rings. The predicted octanol–water partition coefficient (Wildman–Crippen LogP) is 6.75. The number of hydrogen-bond acceptors (Lipinski definition) is 6. The largest absolute Gasteiger partial charge is 0.493 e. The van der Waals surface area contributed by atoms with Gasteiger partial charge in [0.2, 0.25) is 0 Å². The molecule has 1 aromatic carbocycles. The third kappa shape index (κ3) is 5.90. The Kier molecular flexibility index (Phi) is 7.99. The van der Waals surface area contributed by atoms with Crippen LogP contribution in [0.25, 0.3) is 0 Å². The molecule has 1 N–H and O–H groups in total. The second-order valence-electron chi connectivity index (χ2n) is 10.0. The zero-order valence-electron chi connectivity index (χ0n) is 21.4. The molecule has 1 amide bonds. The molecule has 1 atom stereocenters. The van der Waals surface area contributed by atoms with Crippen molar-refractivity contribution < 1.29 is 18.7 Å². The Bertz CT molecular complexity index is 1230. The third-order valence-corrected chi connectivity index (χ3v) is 7.74. The molecule has 0 unspecified atom stereocenters. The zero-order chi connectivity index (χ0) is 25.7. The number of aliphatic imine (C=N–C) groups is 1. The van der Waals surface area contributed by atoms with Crippen LogP contribution in [0.2, 0.25) is 0 Å². The van der Waals surface area contributed by atoms with Crippen LogP contribution in [0, 0.1) is 11.3 Å². The van der Waals surface area contributed by atoms with Gasteiger partial charge in [-0.1, -0.05) is 33.4 Å². The van der Waals surface area contributed by atoms with E-state index in [1.54, 1.807) is 37.0 Å². The maximum atomic E-state index is 13.4. The van der Waals surface area contributed by atoms with Crippen molar-refractivity contribution in [3.8, 4) is 11.5 Å². The lowest BCUT2D eigenvalue weighted by Gasteiger charge is -2.33. The van der Waals surface area contributed by atoms with Gasteiger partial charge in [-0.3, -0.25) is 4.79 Å². The molecule has 0 bridgehead atoms. The van der Waals surface area contributed by atoms with Crippen molar-refractivity contribution in [2.45, 2.75) is 46.6 Å². The van der Waals surface area contributed by atoms with Crippen LogP contribution < -0.4 is 14.8 Å². The highest BCUT2D eigenvalue weighted by Gasteiger charge is 2.33. The molecule has 36 heavy (non-hydrogen) atoms. The fourth-order valence-corrected chi connectivity index (χ4v) is 5.74. The van der Waals surface area contributed by atoms with Crippen molar-refractivity contribution in [2.75, 3.05) is 13.7 Å². The Morgan fingerprint density at radius 2 is 2.14 bits per heavy atom. The summed E-state index contributed by atoms with van der Waals surface area (Å²) >= 11 is 1.63. The summed E-state index contributed by atoms with van der Waals surface area (Å²) < 4.78 is 16.5. The average Bonchev–Trinajstić information content (AvgIpc) is 3.51. The smallest absolute Gasteiger partial charge is 0.255 e. The Balaban J connectivity index is 1.63. The van der Waals surface area contributed by atoms with E-state index in [-0.39, 0.29) is 11.3 Å². The number of amides is 1. The van der Waals surface area contributed by atoms with Crippen LogP contribution in [0.5, 0.6) is 11.5 Å². The highest BCUT2D eigenvalue weighted by atomic mass is 32.1. The SMILES string of the molecule is C=CCOc1ccc(C=Nc2sc3c(c2C(=O)NCc2ccco2)CC[C@@H](C(C)(C)C)C3)cc1OC. The minimum Gasteiger partial charge on any atom is -0.493 e. The number of ether oxygens (including phenoxy) is 2. The summed E-state index contributed by atoms with van der Waals surface area (Å²) in [7, 11) is 1.61. The first-order valence-electron chi connectivity index (χ1n) is 12.2. The van der Waals surface area contributed by atoms with Crippen molar-refractivity contribution in [2.24, 2.45) is 16.3 Å². The number of carbonyl (C=O) groups is 1. The summed E-state index contributed by atoms with van der Waals surface area (Å²) in [4.78, 5) is 19.4. The Morgan fingerprint density at radius 1 is 1.31 bits per heavy atom. The molecule has 1 aliphatic carbocycles. The minimum absolute atomic E-state index is 0.115. The number of fused-ring (bicyclic) bond motifs is 1. The van der Waals surface area contributed by atoms with E-state index in [0.29, 0.717) is 36.1 Å². The summed E-state index contributed by atoms with van der Waals surface area (Å²) in [5, 5.41) is 3.75. The minimum atomic E-state index is -0.115. The van der Waals surface area contributed by atoms with Gasteiger partial charge in [0.25, 0.3) is 5.91 Å². The topological polar surface area (TPSA) is 73.1 Å². The zero-order valence-corrected chi connectivity index (χ0v) is 22.2. The monoisotopic (exact) mass is 506 g/mol. The van der Waals surface area contributed by atoms with E-state index in [0.717, 1.165) is 41.2 Å². The number of benzene rings is 1. The van der Waals surface area contributed by atoms with E-state index in [9.17, 15) is 4.79 Å². The van der Waals surface area contributed by atoms with Crippen molar-refractivity contribution in [1.29, 1.82) is 0 Å². The molecule has 4 rings (SSSR count). The second kappa shape index (κ2) is 11.2. The Hall–Kier alpha value is -3.32. The molecular formula is C29H34N2O4S. The fraction of sp³-hybridized carbons (Fsp3) is 0.379. The summed E-state index contributed by atoms with van der Waals surface area (Å²) in [5.41, 5.74) is 2.90. The maximum absolute atomic E-state index is 13.4. The van der Waals surface area contributed by atoms with Gasteiger partial charge in [0.1, 0.15) is 17.4 Å². The molecule has 7 heteroatoms. The van der Waals surface area contributed by atoms with Gasteiger partial charge < -0.3 is 19.2 Å². The van der Waals surface area contributed by atoms with E-state index < -0.39 is 0 Å². The quantitative estimate of drug-likeness (QED) is 0.257. The summed E-state index contributed by atoms with van der Waals surface area (Å²) in [6.07, 6.45) is 8.00. The number of hydrogen-bond donors (Lipinski definition) is 1. The van der Waals surface area contributed by atoms with Gasteiger partial charge in [-0.05, 0) is 72.1 Å². The third-order valence-electron chi connectivity index (χ3n) is 6.58. The lowest BCUT2D eigenvalue weighted by Crippen LogP contribution is -2.28. The number of carbonyl (C=O) groups excluding carboxylic acids is 1. The number of nitrogens with zero attached hydrogens (tertiary/aromatic N) is 1. The Labute approximate surface area is 217 Å². The van der Waals surface area contributed by atoms with Crippen molar-refractivity contribution >= 4 is 28.5 Å². The van der Waals surface area contributed by atoms with Crippen molar-refractivity contribution in [3.05, 3.63) is 76.6 Å². The number of methoxy groups -OCH3 is 1. The van der Waals surface area contributed by atoms with Gasteiger partial charge in [0.05, 0.1) is 25.5 Å². The Morgan fingerprint density at radius 3 is 2.83 bits per heavy atom. The molecule has 0 spiro atoms. The first kappa shape index (κ1) is 25.8. The molecule has 190 valence electrons. The lowest BCUT2D eigenvalue weighted by atomic mass is 9.72.